The van der Waals surface area contributed by atoms with Crippen LogP contribution < -0.4 is 0 Å². The molecular weight excluding hydrogens is 198 g/mol. The Bertz CT molecular complexity index is 226. The van der Waals surface area contributed by atoms with Crippen LogP contribution in [0.25, 0.3) is 0 Å². The Morgan fingerprint density at radius 2 is 1.80 bits per heavy atom. The highest BCUT2D eigenvalue weighted by Gasteiger charge is 2.32. The molecule has 0 saturated carbocycles. The Kier molecular flexibility index (Phi) is 3.70. The van der Waals surface area contributed by atoms with Gasteiger partial charge in [-0.2, -0.15) is 0 Å². The minimum atomic E-state index is -0.830. The van der Waals surface area contributed by atoms with Crippen molar-refractivity contribution in [2.24, 2.45) is 0 Å². The number of carbonyl (C=O) groups excluding carboxylic acids is 1. The SMILES string of the molecule is CC(C)(C)OCC(=O)N1CC(O)C(O)C1. The summed E-state index contributed by atoms with van der Waals surface area (Å²) in [7, 11) is 0. The number of aliphatic hydroxyl groups is 2. The van der Waals surface area contributed by atoms with Crippen molar-refractivity contribution in [3.8, 4) is 0 Å². The minimum absolute atomic E-state index is 0.0110. The third-order valence-corrected chi connectivity index (χ3v) is 2.24. The molecule has 15 heavy (non-hydrogen) atoms. The summed E-state index contributed by atoms with van der Waals surface area (Å²) in [4.78, 5) is 13.0. The molecular formula is C10H19NO4. The van der Waals surface area contributed by atoms with Crippen LogP contribution in [0.2, 0.25) is 0 Å². The van der Waals surface area contributed by atoms with E-state index in [0.717, 1.165) is 0 Å². The van der Waals surface area contributed by atoms with Crippen LogP contribution in [0, 0.1) is 0 Å². The molecule has 0 aromatic carbocycles. The lowest BCUT2D eigenvalue weighted by Gasteiger charge is -2.22. The zero-order chi connectivity index (χ0) is 11.6. The van der Waals surface area contributed by atoms with Crippen molar-refractivity contribution in [2.45, 2.75) is 38.6 Å². The van der Waals surface area contributed by atoms with Crippen molar-refractivity contribution in [3.05, 3.63) is 0 Å². The van der Waals surface area contributed by atoms with Gasteiger partial charge in [0.25, 0.3) is 0 Å². The van der Waals surface area contributed by atoms with E-state index in [4.69, 9.17) is 4.74 Å². The van der Waals surface area contributed by atoms with Gasteiger partial charge in [-0.3, -0.25) is 4.79 Å². The molecule has 1 aliphatic rings. The third kappa shape index (κ3) is 3.77. The minimum Gasteiger partial charge on any atom is -0.388 e. The summed E-state index contributed by atoms with van der Waals surface area (Å²) in [6.45, 7) is 5.97. The molecule has 2 atom stereocenters. The van der Waals surface area contributed by atoms with Gasteiger partial charge in [-0.1, -0.05) is 0 Å². The third-order valence-electron chi connectivity index (χ3n) is 2.24. The van der Waals surface area contributed by atoms with E-state index in [1.165, 1.54) is 4.90 Å². The summed E-state index contributed by atoms with van der Waals surface area (Å²) < 4.78 is 5.32. The maximum absolute atomic E-state index is 11.6. The number of β-amino-alcohol motifs (C(OH)–C–C–N with tert-alkyl or cyclic N) is 2. The van der Waals surface area contributed by atoms with Crippen LogP contribution in [0.15, 0.2) is 0 Å². The summed E-state index contributed by atoms with van der Waals surface area (Å²) in [5, 5.41) is 18.5. The lowest BCUT2D eigenvalue weighted by molar-refractivity contribution is -0.140. The van der Waals surface area contributed by atoms with Crippen LogP contribution >= 0.6 is 0 Å². The summed E-state index contributed by atoms with van der Waals surface area (Å²) in [5.41, 5.74) is -0.355. The number of amides is 1. The van der Waals surface area contributed by atoms with Gasteiger partial charge < -0.3 is 19.8 Å². The second-order valence-electron chi connectivity index (χ2n) is 4.83. The molecule has 1 rings (SSSR count). The van der Waals surface area contributed by atoms with Gasteiger partial charge >= 0.3 is 0 Å². The van der Waals surface area contributed by atoms with Gasteiger partial charge in [0.2, 0.25) is 5.91 Å². The molecule has 0 aromatic rings. The molecule has 2 unspecified atom stereocenters. The quantitative estimate of drug-likeness (QED) is 0.646. The van der Waals surface area contributed by atoms with Crippen molar-refractivity contribution >= 4 is 5.91 Å². The monoisotopic (exact) mass is 217 g/mol. The number of ether oxygens (including phenoxy) is 1. The second-order valence-corrected chi connectivity index (χ2v) is 4.83. The average molecular weight is 217 g/mol. The number of rotatable bonds is 2. The van der Waals surface area contributed by atoms with E-state index in [-0.39, 0.29) is 31.2 Å². The maximum Gasteiger partial charge on any atom is 0.248 e. The molecule has 0 spiro atoms. The van der Waals surface area contributed by atoms with Crippen LogP contribution in [0.5, 0.6) is 0 Å². The van der Waals surface area contributed by atoms with E-state index in [2.05, 4.69) is 0 Å². The van der Waals surface area contributed by atoms with Gasteiger partial charge in [-0.15, -0.1) is 0 Å². The summed E-state index contributed by atoms with van der Waals surface area (Å²) >= 11 is 0. The van der Waals surface area contributed by atoms with Gasteiger partial charge in [0.1, 0.15) is 6.61 Å². The first-order valence-corrected chi connectivity index (χ1v) is 5.07. The lowest BCUT2D eigenvalue weighted by Crippen LogP contribution is -2.35. The van der Waals surface area contributed by atoms with E-state index in [1.807, 2.05) is 20.8 Å². The van der Waals surface area contributed by atoms with E-state index >= 15 is 0 Å². The zero-order valence-corrected chi connectivity index (χ0v) is 9.43. The highest BCUT2D eigenvalue weighted by atomic mass is 16.5. The molecule has 88 valence electrons. The van der Waals surface area contributed by atoms with Crippen molar-refractivity contribution in [1.82, 2.24) is 4.90 Å². The summed E-state index contributed by atoms with van der Waals surface area (Å²) in [5.74, 6) is -0.194. The Labute approximate surface area is 89.6 Å². The molecule has 1 fully saturated rings. The number of aliphatic hydroxyl groups excluding tert-OH is 2. The van der Waals surface area contributed by atoms with Gasteiger partial charge in [-0.25, -0.2) is 0 Å². The first-order valence-electron chi connectivity index (χ1n) is 5.07. The highest BCUT2D eigenvalue weighted by molar-refractivity contribution is 5.77. The Balaban J connectivity index is 2.36. The Hall–Kier alpha value is -0.650. The number of hydrogen-bond donors (Lipinski definition) is 2. The highest BCUT2D eigenvalue weighted by Crippen LogP contribution is 2.12. The Morgan fingerprint density at radius 3 is 2.20 bits per heavy atom. The molecule has 5 heteroatoms. The Morgan fingerprint density at radius 1 is 1.33 bits per heavy atom. The fourth-order valence-corrected chi connectivity index (χ4v) is 1.34. The van der Waals surface area contributed by atoms with Gasteiger partial charge in [0.15, 0.2) is 0 Å². The second kappa shape index (κ2) is 4.47. The van der Waals surface area contributed by atoms with Crippen LogP contribution in [0.1, 0.15) is 20.8 Å². The van der Waals surface area contributed by atoms with E-state index in [1.54, 1.807) is 0 Å². The smallest absolute Gasteiger partial charge is 0.248 e. The normalized spacial score (nSPS) is 27.1. The van der Waals surface area contributed by atoms with E-state index < -0.39 is 12.2 Å². The summed E-state index contributed by atoms with van der Waals surface area (Å²) in [6.07, 6.45) is -1.66. The van der Waals surface area contributed by atoms with Crippen LogP contribution in [-0.4, -0.2) is 58.5 Å². The predicted molar refractivity (Wildman–Crippen MR) is 54.3 cm³/mol. The first-order chi connectivity index (χ1) is 6.79. The predicted octanol–water partition coefficient (Wildman–Crippen LogP) is -0.635. The topological polar surface area (TPSA) is 70.0 Å². The molecule has 1 heterocycles. The van der Waals surface area contributed by atoms with Crippen molar-refractivity contribution in [2.75, 3.05) is 19.7 Å². The van der Waals surface area contributed by atoms with E-state index in [0.29, 0.717) is 0 Å². The van der Waals surface area contributed by atoms with Gasteiger partial charge in [-0.05, 0) is 20.8 Å². The first kappa shape index (κ1) is 12.4. The van der Waals surface area contributed by atoms with Gasteiger partial charge in [0, 0.05) is 13.1 Å². The molecule has 1 amide bonds. The van der Waals surface area contributed by atoms with Crippen molar-refractivity contribution < 1.29 is 19.7 Å². The number of nitrogens with zero attached hydrogens (tertiary/aromatic N) is 1. The number of carbonyl (C=O) groups is 1. The fourth-order valence-electron chi connectivity index (χ4n) is 1.34. The van der Waals surface area contributed by atoms with Crippen LogP contribution in [-0.2, 0) is 9.53 Å². The molecule has 1 aliphatic heterocycles. The molecule has 0 bridgehead atoms. The van der Waals surface area contributed by atoms with E-state index in [9.17, 15) is 15.0 Å². The molecule has 2 N–H and O–H groups in total. The average Bonchev–Trinajstić information content (AvgIpc) is 2.42. The largest absolute Gasteiger partial charge is 0.388 e. The van der Waals surface area contributed by atoms with Crippen molar-refractivity contribution in [1.29, 1.82) is 0 Å². The molecule has 0 aromatic heterocycles. The lowest BCUT2D eigenvalue weighted by atomic mass is 10.2. The van der Waals surface area contributed by atoms with Crippen molar-refractivity contribution in [3.63, 3.8) is 0 Å². The fraction of sp³-hybridized carbons (Fsp3) is 0.900. The molecule has 5 nitrogen and oxygen atoms in total. The number of hydrogen-bond acceptors (Lipinski definition) is 4. The molecule has 1 saturated heterocycles. The van der Waals surface area contributed by atoms with Crippen LogP contribution in [0.3, 0.4) is 0 Å². The van der Waals surface area contributed by atoms with Crippen LogP contribution in [0.4, 0.5) is 0 Å². The summed E-state index contributed by atoms with van der Waals surface area (Å²) in [6, 6.07) is 0. The standard InChI is InChI=1S/C10H19NO4/c1-10(2,3)15-6-9(14)11-4-7(12)8(13)5-11/h7-8,12-13H,4-6H2,1-3H3. The molecule has 0 radical (unpaired) electrons. The number of likely N-dealkylation sites (tertiary alicyclic amines) is 1. The zero-order valence-electron chi connectivity index (χ0n) is 9.43. The maximum atomic E-state index is 11.6. The van der Waals surface area contributed by atoms with Gasteiger partial charge in [0.05, 0.1) is 17.8 Å². The molecule has 0 aliphatic carbocycles.